The van der Waals surface area contributed by atoms with Crippen LogP contribution >= 0.6 is 0 Å². The van der Waals surface area contributed by atoms with Gasteiger partial charge in [0.15, 0.2) is 0 Å². The van der Waals surface area contributed by atoms with Crippen molar-refractivity contribution in [3.05, 3.63) is 97.1 Å². The normalized spacial score (nSPS) is 11.0. The molecule has 0 bridgehead atoms. The number of ketones is 1. The van der Waals surface area contributed by atoms with Gasteiger partial charge in [0.05, 0.1) is 6.54 Å². The average Bonchev–Trinajstić information content (AvgIpc) is 2.62. The molecule has 2 aromatic heterocycles. The molecule has 0 radical (unpaired) electrons. The van der Waals surface area contributed by atoms with Crippen LogP contribution in [0.5, 0.6) is 0 Å². The first-order valence-electron chi connectivity index (χ1n) is 9.18. The third kappa shape index (κ3) is 3.86. The second kappa shape index (κ2) is 7.76. The Morgan fingerprint density at radius 3 is 2.54 bits per heavy atom. The van der Waals surface area contributed by atoms with Crippen molar-refractivity contribution in [1.29, 1.82) is 0 Å². The molecule has 0 unspecified atom stereocenters. The number of nitrogens with zero attached hydrogens (tertiary/aromatic N) is 2. The summed E-state index contributed by atoms with van der Waals surface area (Å²) >= 11 is 0. The van der Waals surface area contributed by atoms with Crippen molar-refractivity contribution >= 4 is 5.78 Å². The molecule has 6 nitrogen and oxygen atoms in total. The molecule has 144 valence electrons. The number of hydrogen-bond donors (Lipinski definition) is 1. The van der Waals surface area contributed by atoms with Crippen LogP contribution < -0.4 is 11.2 Å². The fraction of sp³-hybridized carbons (Fsp3) is 0.273. The summed E-state index contributed by atoms with van der Waals surface area (Å²) < 4.78 is 1.36. The Hall–Kier alpha value is -3.28. The van der Waals surface area contributed by atoms with Gasteiger partial charge in [-0.2, -0.15) is 0 Å². The fourth-order valence-corrected chi connectivity index (χ4v) is 3.33. The van der Waals surface area contributed by atoms with E-state index in [1.54, 1.807) is 30.5 Å². The summed E-state index contributed by atoms with van der Waals surface area (Å²) in [5.41, 5.74) is 2.37. The van der Waals surface area contributed by atoms with Gasteiger partial charge in [-0.1, -0.05) is 37.6 Å². The van der Waals surface area contributed by atoms with Crippen LogP contribution in [0.1, 0.15) is 58.2 Å². The SMILES string of the molecule is Cc1cccc(C(=O)c2c(C(C)C)c(=O)[nH]c(=O)n2Cc2ccnc(C)c2)c1. The monoisotopic (exact) mass is 377 g/mol. The highest BCUT2D eigenvalue weighted by Crippen LogP contribution is 2.19. The third-order valence-corrected chi connectivity index (χ3v) is 4.61. The van der Waals surface area contributed by atoms with Crippen molar-refractivity contribution in [3.8, 4) is 0 Å². The maximum Gasteiger partial charge on any atom is 0.329 e. The van der Waals surface area contributed by atoms with Gasteiger partial charge in [0.1, 0.15) is 5.69 Å². The Morgan fingerprint density at radius 1 is 1.14 bits per heavy atom. The number of rotatable bonds is 5. The average molecular weight is 377 g/mol. The van der Waals surface area contributed by atoms with Crippen LogP contribution in [-0.2, 0) is 6.54 Å². The second-order valence-corrected chi connectivity index (χ2v) is 7.27. The largest absolute Gasteiger partial charge is 0.329 e. The van der Waals surface area contributed by atoms with E-state index in [9.17, 15) is 14.4 Å². The predicted molar refractivity (Wildman–Crippen MR) is 108 cm³/mol. The summed E-state index contributed by atoms with van der Waals surface area (Å²) in [6.07, 6.45) is 1.66. The number of carbonyl (C=O) groups is 1. The van der Waals surface area contributed by atoms with Gasteiger partial charge in [0, 0.05) is 23.0 Å². The predicted octanol–water partition coefficient (Wildman–Crippen LogP) is 2.95. The van der Waals surface area contributed by atoms with Gasteiger partial charge in [-0.25, -0.2) is 4.79 Å². The van der Waals surface area contributed by atoms with Crippen molar-refractivity contribution in [3.63, 3.8) is 0 Å². The van der Waals surface area contributed by atoms with Gasteiger partial charge in [0.25, 0.3) is 5.56 Å². The Labute approximate surface area is 162 Å². The van der Waals surface area contributed by atoms with E-state index >= 15 is 0 Å². The summed E-state index contributed by atoms with van der Waals surface area (Å²) in [4.78, 5) is 45.1. The molecule has 1 aromatic carbocycles. The van der Waals surface area contributed by atoms with Crippen molar-refractivity contribution in [2.45, 2.75) is 40.2 Å². The number of aromatic amines is 1. The Bertz CT molecular complexity index is 1160. The Kier molecular flexibility index (Phi) is 5.40. The molecule has 0 fully saturated rings. The van der Waals surface area contributed by atoms with Gasteiger partial charge in [-0.3, -0.25) is 24.1 Å². The number of pyridine rings is 1. The van der Waals surface area contributed by atoms with Crippen LogP contribution in [-0.4, -0.2) is 20.3 Å². The molecule has 1 N–H and O–H groups in total. The first-order valence-corrected chi connectivity index (χ1v) is 9.18. The maximum absolute atomic E-state index is 13.4. The lowest BCUT2D eigenvalue weighted by molar-refractivity contribution is 0.102. The zero-order valence-corrected chi connectivity index (χ0v) is 16.4. The lowest BCUT2D eigenvalue weighted by Gasteiger charge is -2.17. The smallest absolute Gasteiger partial charge is 0.287 e. The molecule has 0 aliphatic carbocycles. The van der Waals surface area contributed by atoms with E-state index in [0.717, 1.165) is 16.8 Å². The molecule has 3 rings (SSSR count). The summed E-state index contributed by atoms with van der Waals surface area (Å²) in [7, 11) is 0. The van der Waals surface area contributed by atoms with Crippen molar-refractivity contribution < 1.29 is 4.79 Å². The molecule has 0 spiro atoms. The van der Waals surface area contributed by atoms with Gasteiger partial charge in [-0.05, 0) is 43.5 Å². The second-order valence-electron chi connectivity index (χ2n) is 7.27. The maximum atomic E-state index is 13.4. The van der Waals surface area contributed by atoms with E-state index in [-0.39, 0.29) is 23.9 Å². The van der Waals surface area contributed by atoms with Gasteiger partial charge < -0.3 is 0 Å². The van der Waals surface area contributed by atoms with E-state index < -0.39 is 11.2 Å². The van der Waals surface area contributed by atoms with Crippen LogP contribution in [0.25, 0.3) is 0 Å². The highest BCUT2D eigenvalue weighted by atomic mass is 16.2. The molecule has 0 saturated carbocycles. The molecule has 0 atom stereocenters. The van der Waals surface area contributed by atoms with Crippen LogP contribution in [0, 0.1) is 13.8 Å². The first kappa shape index (κ1) is 19.5. The molecule has 3 aromatic rings. The van der Waals surface area contributed by atoms with Crippen LogP contribution in [0.4, 0.5) is 0 Å². The van der Waals surface area contributed by atoms with Crippen molar-refractivity contribution in [1.82, 2.24) is 14.5 Å². The zero-order valence-electron chi connectivity index (χ0n) is 16.4. The highest BCUT2D eigenvalue weighted by Gasteiger charge is 2.24. The summed E-state index contributed by atoms with van der Waals surface area (Å²) in [6, 6.07) is 10.8. The standard InChI is InChI=1S/C22H23N3O3/c1-13(2)18-19(20(26)17-7-5-6-14(3)10-17)25(22(28)24-21(18)27)12-16-8-9-23-15(4)11-16/h5-11,13H,12H2,1-4H3,(H,24,27,28). The lowest BCUT2D eigenvalue weighted by atomic mass is 9.96. The van der Waals surface area contributed by atoms with Crippen molar-refractivity contribution in [2.75, 3.05) is 0 Å². The third-order valence-electron chi connectivity index (χ3n) is 4.61. The number of aromatic nitrogens is 3. The Morgan fingerprint density at radius 2 is 1.89 bits per heavy atom. The number of nitrogens with one attached hydrogen (secondary N) is 1. The van der Waals surface area contributed by atoms with Crippen LogP contribution in [0.2, 0.25) is 0 Å². The highest BCUT2D eigenvalue weighted by molar-refractivity contribution is 6.09. The number of carbonyl (C=O) groups excluding carboxylic acids is 1. The summed E-state index contributed by atoms with van der Waals surface area (Å²) in [5, 5.41) is 0. The van der Waals surface area contributed by atoms with E-state index in [1.807, 2.05) is 39.8 Å². The minimum Gasteiger partial charge on any atom is -0.287 e. The molecule has 28 heavy (non-hydrogen) atoms. The van der Waals surface area contributed by atoms with Crippen LogP contribution in [0.15, 0.2) is 52.2 Å². The molecule has 0 amide bonds. The molecule has 0 saturated heterocycles. The van der Waals surface area contributed by atoms with Crippen LogP contribution in [0.3, 0.4) is 0 Å². The zero-order chi connectivity index (χ0) is 20.4. The molecule has 6 heteroatoms. The summed E-state index contributed by atoms with van der Waals surface area (Å²) in [6.45, 7) is 7.60. The number of aryl methyl sites for hydroxylation is 2. The summed E-state index contributed by atoms with van der Waals surface area (Å²) in [5.74, 6) is -0.556. The Balaban J connectivity index is 2.27. The minimum atomic E-state index is -0.597. The van der Waals surface area contributed by atoms with Gasteiger partial charge >= 0.3 is 5.69 Å². The van der Waals surface area contributed by atoms with E-state index in [1.165, 1.54) is 4.57 Å². The molecular weight excluding hydrogens is 354 g/mol. The molecular formula is C22H23N3O3. The quantitative estimate of drug-likeness (QED) is 0.693. The van der Waals surface area contributed by atoms with Gasteiger partial charge in [-0.15, -0.1) is 0 Å². The number of hydrogen-bond acceptors (Lipinski definition) is 4. The molecule has 0 aliphatic rings. The molecule has 0 aliphatic heterocycles. The lowest BCUT2D eigenvalue weighted by Crippen LogP contribution is -2.38. The number of H-pyrrole nitrogens is 1. The minimum absolute atomic E-state index is 0.142. The van der Waals surface area contributed by atoms with Gasteiger partial charge in [0.2, 0.25) is 5.78 Å². The number of benzene rings is 1. The first-order chi connectivity index (χ1) is 13.3. The van der Waals surface area contributed by atoms with E-state index in [4.69, 9.17) is 0 Å². The van der Waals surface area contributed by atoms with Crippen molar-refractivity contribution in [2.24, 2.45) is 0 Å². The molecule has 2 heterocycles. The van der Waals surface area contributed by atoms with E-state index in [0.29, 0.717) is 11.1 Å². The fourth-order valence-electron chi connectivity index (χ4n) is 3.33. The topological polar surface area (TPSA) is 84.8 Å². The van der Waals surface area contributed by atoms with E-state index in [2.05, 4.69) is 9.97 Å².